The number of rotatable bonds is 3. The number of carbonyl (C=O) groups is 2. The van der Waals surface area contributed by atoms with Gasteiger partial charge in [0.05, 0.1) is 12.1 Å². The van der Waals surface area contributed by atoms with Crippen LogP contribution < -0.4 is 0 Å². The van der Waals surface area contributed by atoms with Crippen molar-refractivity contribution in [2.45, 2.75) is 13.3 Å². The number of hydrogen-bond donors (Lipinski definition) is 2. The first-order valence-corrected chi connectivity index (χ1v) is 3.49. The second kappa shape index (κ2) is 3.21. The number of carbonyl (C=O) groups excluding carboxylic acids is 1. The van der Waals surface area contributed by atoms with E-state index in [-0.39, 0.29) is 6.42 Å². The molecule has 4 nitrogen and oxygen atoms in total. The van der Waals surface area contributed by atoms with Crippen molar-refractivity contribution in [3.63, 3.8) is 0 Å². The molecular weight excluding hydrogens is 158 g/mol. The Morgan fingerprint density at radius 1 is 1.75 bits per heavy atom. The number of carboxylic acid groups (broad SMARTS) is 1. The number of carboxylic acids is 1. The van der Waals surface area contributed by atoms with Crippen molar-refractivity contribution in [2.75, 3.05) is 0 Å². The molecule has 0 aliphatic rings. The van der Waals surface area contributed by atoms with Gasteiger partial charge in [-0.3, -0.25) is 9.59 Å². The third-order valence-electron chi connectivity index (χ3n) is 1.57. The Labute approximate surface area is 69.2 Å². The monoisotopic (exact) mass is 167 g/mol. The van der Waals surface area contributed by atoms with E-state index in [1.54, 1.807) is 13.0 Å². The van der Waals surface area contributed by atoms with E-state index in [4.69, 9.17) is 5.11 Å². The van der Waals surface area contributed by atoms with Gasteiger partial charge < -0.3 is 10.1 Å². The average Bonchev–Trinajstić information content (AvgIpc) is 2.29. The lowest BCUT2D eigenvalue weighted by Gasteiger charge is -1.88. The Bertz CT molecular complexity index is 314. The Morgan fingerprint density at radius 3 is 2.83 bits per heavy atom. The molecule has 12 heavy (non-hydrogen) atoms. The summed E-state index contributed by atoms with van der Waals surface area (Å²) >= 11 is 0. The molecule has 0 aliphatic heterocycles. The minimum absolute atomic E-state index is 0.0747. The van der Waals surface area contributed by atoms with Crippen LogP contribution in [0.2, 0.25) is 0 Å². The van der Waals surface area contributed by atoms with Crippen LogP contribution in [-0.4, -0.2) is 22.3 Å². The summed E-state index contributed by atoms with van der Waals surface area (Å²) in [6.45, 7) is 1.76. The van der Waals surface area contributed by atoms with Crippen LogP contribution in [0.15, 0.2) is 6.07 Å². The molecule has 1 aromatic heterocycles. The van der Waals surface area contributed by atoms with Crippen molar-refractivity contribution >= 4 is 12.3 Å². The van der Waals surface area contributed by atoms with Gasteiger partial charge in [0.15, 0.2) is 6.29 Å². The van der Waals surface area contributed by atoms with Gasteiger partial charge >= 0.3 is 5.97 Å². The van der Waals surface area contributed by atoms with Crippen LogP contribution in [0.3, 0.4) is 0 Å². The molecule has 0 radical (unpaired) electrons. The van der Waals surface area contributed by atoms with E-state index in [9.17, 15) is 9.59 Å². The van der Waals surface area contributed by atoms with Crippen LogP contribution in [0.1, 0.15) is 21.7 Å². The highest BCUT2D eigenvalue weighted by atomic mass is 16.4. The van der Waals surface area contributed by atoms with Crippen LogP contribution >= 0.6 is 0 Å². The summed E-state index contributed by atoms with van der Waals surface area (Å²) in [6.07, 6.45) is 0.607. The average molecular weight is 167 g/mol. The van der Waals surface area contributed by atoms with E-state index >= 15 is 0 Å². The van der Waals surface area contributed by atoms with Crippen molar-refractivity contribution in [1.29, 1.82) is 0 Å². The second-order valence-corrected chi connectivity index (χ2v) is 2.58. The normalized spacial score (nSPS) is 9.75. The van der Waals surface area contributed by atoms with Crippen molar-refractivity contribution in [3.05, 3.63) is 23.0 Å². The number of aryl methyl sites for hydroxylation is 1. The summed E-state index contributed by atoms with van der Waals surface area (Å²) in [6, 6.07) is 1.66. The lowest BCUT2D eigenvalue weighted by atomic mass is 10.2. The fourth-order valence-corrected chi connectivity index (χ4v) is 1.03. The molecule has 0 saturated carbocycles. The van der Waals surface area contributed by atoms with Crippen LogP contribution in [0, 0.1) is 6.92 Å². The number of aromatic amines is 1. The van der Waals surface area contributed by atoms with Gasteiger partial charge in [-0.25, -0.2) is 0 Å². The highest BCUT2D eigenvalue weighted by Crippen LogP contribution is 2.07. The summed E-state index contributed by atoms with van der Waals surface area (Å²) in [5.74, 6) is -0.909. The zero-order chi connectivity index (χ0) is 9.14. The Hall–Kier alpha value is -1.58. The number of aromatic nitrogens is 1. The fourth-order valence-electron chi connectivity index (χ4n) is 1.03. The third-order valence-corrected chi connectivity index (χ3v) is 1.57. The Morgan fingerprint density at radius 2 is 2.42 bits per heavy atom. The molecule has 0 bridgehead atoms. The topological polar surface area (TPSA) is 70.2 Å². The fraction of sp³-hybridized carbons (Fsp3) is 0.250. The van der Waals surface area contributed by atoms with Crippen molar-refractivity contribution in [2.24, 2.45) is 0 Å². The van der Waals surface area contributed by atoms with Gasteiger partial charge in [-0.15, -0.1) is 0 Å². The summed E-state index contributed by atoms with van der Waals surface area (Å²) in [5, 5.41) is 8.43. The highest BCUT2D eigenvalue weighted by Gasteiger charge is 2.05. The van der Waals surface area contributed by atoms with Gasteiger partial charge in [-0.1, -0.05) is 0 Å². The Kier molecular flexibility index (Phi) is 2.28. The number of nitrogens with one attached hydrogen (secondary N) is 1. The van der Waals surface area contributed by atoms with Gasteiger partial charge in [0.25, 0.3) is 0 Å². The lowest BCUT2D eigenvalue weighted by Crippen LogP contribution is -2.00. The first-order valence-electron chi connectivity index (χ1n) is 3.49. The first kappa shape index (κ1) is 8.52. The molecule has 0 fully saturated rings. The maximum absolute atomic E-state index is 10.3. The van der Waals surface area contributed by atoms with Crippen molar-refractivity contribution in [3.8, 4) is 0 Å². The summed E-state index contributed by atoms with van der Waals surface area (Å²) in [7, 11) is 0. The standard InChI is InChI=1S/C8H9NO3/c1-5-2-6(3-8(11)12)9-7(5)4-10/h2,4,9H,3H2,1H3,(H,11,12). The third kappa shape index (κ3) is 1.72. The number of H-pyrrole nitrogens is 1. The zero-order valence-electron chi connectivity index (χ0n) is 6.63. The van der Waals surface area contributed by atoms with E-state index < -0.39 is 5.97 Å². The summed E-state index contributed by atoms with van der Waals surface area (Å²) in [4.78, 5) is 23.3. The largest absolute Gasteiger partial charge is 0.481 e. The van der Waals surface area contributed by atoms with E-state index in [0.717, 1.165) is 5.56 Å². The predicted octanol–water partition coefficient (Wildman–Crippen LogP) is 0.763. The summed E-state index contributed by atoms with van der Waals surface area (Å²) < 4.78 is 0. The quantitative estimate of drug-likeness (QED) is 0.653. The molecule has 0 atom stereocenters. The van der Waals surface area contributed by atoms with E-state index in [0.29, 0.717) is 17.7 Å². The Balaban J connectivity index is 2.89. The smallest absolute Gasteiger partial charge is 0.309 e. The molecule has 0 aliphatic carbocycles. The molecule has 0 unspecified atom stereocenters. The summed E-state index contributed by atoms with van der Waals surface area (Å²) in [5.41, 5.74) is 1.79. The number of aldehydes is 1. The van der Waals surface area contributed by atoms with E-state index in [1.807, 2.05) is 0 Å². The first-order chi connectivity index (χ1) is 5.63. The minimum Gasteiger partial charge on any atom is -0.481 e. The molecule has 0 aromatic carbocycles. The molecule has 0 spiro atoms. The molecule has 4 heteroatoms. The number of hydrogen-bond acceptors (Lipinski definition) is 2. The zero-order valence-corrected chi connectivity index (χ0v) is 6.63. The molecule has 1 rings (SSSR count). The van der Waals surface area contributed by atoms with Crippen molar-refractivity contribution in [1.82, 2.24) is 4.98 Å². The second-order valence-electron chi connectivity index (χ2n) is 2.58. The molecule has 0 saturated heterocycles. The number of aliphatic carboxylic acids is 1. The van der Waals surface area contributed by atoms with Crippen molar-refractivity contribution < 1.29 is 14.7 Å². The highest BCUT2D eigenvalue weighted by molar-refractivity contribution is 5.76. The van der Waals surface area contributed by atoms with Crippen LogP contribution in [0.4, 0.5) is 0 Å². The molecule has 1 heterocycles. The van der Waals surface area contributed by atoms with Gasteiger partial charge in [0, 0.05) is 5.69 Å². The lowest BCUT2D eigenvalue weighted by molar-refractivity contribution is -0.136. The van der Waals surface area contributed by atoms with Gasteiger partial charge in [-0.05, 0) is 18.6 Å². The maximum atomic E-state index is 10.3. The molecule has 0 amide bonds. The van der Waals surface area contributed by atoms with Gasteiger partial charge in [0.2, 0.25) is 0 Å². The molecule has 64 valence electrons. The predicted molar refractivity (Wildman–Crippen MR) is 42.3 cm³/mol. The van der Waals surface area contributed by atoms with Gasteiger partial charge in [0.1, 0.15) is 0 Å². The molecule has 2 N–H and O–H groups in total. The minimum atomic E-state index is -0.909. The molecular formula is C8H9NO3. The SMILES string of the molecule is Cc1cc(CC(=O)O)[nH]c1C=O. The molecule has 1 aromatic rings. The van der Waals surface area contributed by atoms with Gasteiger partial charge in [-0.2, -0.15) is 0 Å². The van der Waals surface area contributed by atoms with E-state index in [2.05, 4.69) is 4.98 Å². The van der Waals surface area contributed by atoms with Crippen LogP contribution in [0.25, 0.3) is 0 Å². The van der Waals surface area contributed by atoms with E-state index in [1.165, 1.54) is 0 Å². The van der Waals surface area contributed by atoms with Crippen LogP contribution in [0.5, 0.6) is 0 Å². The van der Waals surface area contributed by atoms with Crippen LogP contribution in [-0.2, 0) is 11.2 Å². The maximum Gasteiger partial charge on any atom is 0.309 e.